The SMILES string of the molecule is CCNc1nc(C)cc(Sc2nnnn2C2CCCC2)n1. The smallest absolute Gasteiger partial charge is 0.223 e. The highest BCUT2D eigenvalue weighted by Gasteiger charge is 2.22. The summed E-state index contributed by atoms with van der Waals surface area (Å²) in [4.78, 5) is 8.86. The van der Waals surface area contributed by atoms with Crippen molar-refractivity contribution >= 4 is 17.7 Å². The Bertz CT molecular complexity index is 606. The minimum atomic E-state index is 0.429. The Balaban J connectivity index is 1.82. The molecule has 0 aliphatic heterocycles. The topological polar surface area (TPSA) is 81.4 Å². The zero-order chi connectivity index (χ0) is 14.7. The van der Waals surface area contributed by atoms with Crippen LogP contribution in [-0.4, -0.2) is 36.7 Å². The molecule has 1 aliphatic carbocycles. The Morgan fingerprint density at radius 2 is 2.14 bits per heavy atom. The van der Waals surface area contributed by atoms with E-state index in [1.54, 1.807) is 0 Å². The Labute approximate surface area is 127 Å². The maximum atomic E-state index is 4.50. The van der Waals surface area contributed by atoms with E-state index in [4.69, 9.17) is 0 Å². The van der Waals surface area contributed by atoms with E-state index in [-0.39, 0.29) is 0 Å². The van der Waals surface area contributed by atoms with Gasteiger partial charge in [-0.1, -0.05) is 12.8 Å². The zero-order valence-corrected chi connectivity index (χ0v) is 13.1. The third kappa shape index (κ3) is 3.31. The molecule has 0 radical (unpaired) electrons. The van der Waals surface area contributed by atoms with Crippen molar-refractivity contribution in [1.82, 2.24) is 30.2 Å². The molecule has 0 amide bonds. The molecular weight excluding hydrogens is 286 g/mol. The number of nitrogens with one attached hydrogen (secondary N) is 1. The van der Waals surface area contributed by atoms with Crippen LogP contribution in [0.5, 0.6) is 0 Å². The van der Waals surface area contributed by atoms with Crippen LogP contribution >= 0.6 is 11.8 Å². The largest absolute Gasteiger partial charge is 0.354 e. The van der Waals surface area contributed by atoms with E-state index in [9.17, 15) is 0 Å². The lowest BCUT2D eigenvalue weighted by Gasteiger charge is -2.11. The number of tetrazole rings is 1. The van der Waals surface area contributed by atoms with Gasteiger partial charge in [0.15, 0.2) is 0 Å². The summed E-state index contributed by atoms with van der Waals surface area (Å²) in [7, 11) is 0. The predicted molar refractivity (Wildman–Crippen MR) is 80.4 cm³/mol. The number of anilines is 1. The standard InChI is InChI=1S/C13H19N7S/c1-3-14-12-15-9(2)8-11(16-12)21-13-17-18-19-20(13)10-6-4-5-7-10/h8,10H,3-7H2,1-2H3,(H,14,15,16). The van der Waals surface area contributed by atoms with Crippen LogP contribution in [0.15, 0.2) is 16.2 Å². The van der Waals surface area contributed by atoms with Crippen LogP contribution in [0.2, 0.25) is 0 Å². The molecule has 112 valence electrons. The summed E-state index contributed by atoms with van der Waals surface area (Å²) >= 11 is 1.50. The van der Waals surface area contributed by atoms with E-state index in [0.717, 1.165) is 35.3 Å². The van der Waals surface area contributed by atoms with Crippen molar-refractivity contribution in [3.05, 3.63) is 11.8 Å². The van der Waals surface area contributed by atoms with Gasteiger partial charge in [-0.3, -0.25) is 0 Å². The lowest BCUT2D eigenvalue weighted by molar-refractivity contribution is 0.423. The molecule has 1 aliphatic rings. The molecular formula is C13H19N7S. The van der Waals surface area contributed by atoms with Gasteiger partial charge in [0, 0.05) is 12.2 Å². The van der Waals surface area contributed by atoms with Gasteiger partial charge in [0.25, 0.3) is 0 Å². The minimum absolute atomic E-state index is 0.429. The van der Waals surface area contributed by atoms with E-state index in [2.05, 4.69) is 30.8 Å². The molecule has 21 heavy (non-hydrogen) atoms. The molecule has 0 bridgehead atoms. The predicted octanol–water partition coefficient (Wildman–Crippen LogP) is 2.47. The second kappa shape index (κ2) is 6.38. The summed E-state index contributed by atoms with van der Waals surface area (Å²) in [5.74, 6) is 0.653. The summed E-state index contributed by atoms with van der Waals surface area (Å²) in [6, 6.07) is 2.39. The molecule has 0 unspecified atom stereocenters. The van der Waals surface area contributed by atoms with Gasteiger partial charge in [-0.15, -0.1) is 5.10 Å². The van der Waals surface area contributed by atoms with Crippen molar-refractivity contribution in [1.29, 1.82) is 0 Å². The zero-order valence-electron chi connectivity index (χ0n) is 12.3. The van der Waals surface area contributed by atoms with Crippen molar-refractivity contribution in [3.8, 4) is 0 Å². The Morgan fingerprint density at radius 3 is 2.90 bits per heavy atom. The number of aromatic nitrogens is 6. The Morgan fingerprint density at radius 1 is 1.33 bits per heavy atom. The first-order valence-electron chi connectivity index (χ1n) is 7.31. The first-order chi connectivity index (χ1) is 10.3. The molecule has 0 spiro atoms. The van der Waals surface area contributed by atoms with Crippen LogP contribution in [-0.2, 0) is 0 Å². The average molecular weight is 305 g/mol. The summed E-state index contributed by atoms with van der Waals surface area (Å²) in [5, 5.41) is 16.9. The fraction of sp³-hybridized carbons (Fsp3) is 0.615. The van der Waals surface area contributed by atoms with Crippen molar-refractivity contribution < 1.29 is 0 Å². The summed E-state index contributed by atoms with van der Waals surface area (Å²) in [6.07, 6.45) is 4.83. The quantitative estimate of drug-likeness (QED) is 0.850. The lowest BCUT2D eigenvalue weighted by Crippen LogP contribution is -2.08. The third-order valence-corrected chi connectivity index (χ3v) is 4.36. The number of hydrogen-bond acceptors (Lipinski definition) is 7. The van der Waals surface area contributed by atoms with Gasteiger partial charge in [0.2, 0.25) is 11.1 Å². The van der Waals surface area contributed by atoms with E-state index in [1.807, 2.05) is 24.6 Å². The van der Waals surface area contributed by atoms with E-state index >= 15 is 0 Å². The molecule has 1 fully saturated rings. The number of rotatable bonds is 5. The number of aryl methyl sites for hydroxylation is 1. The Kier molecular flexibility index (Phi) is 4.33. The normalized spacial score (nSPS) is 15.5. The molecule has 2 heterocycles. The Hall–Kier alpha value is -1.70. The molecule has 1 saturated carbocycles. The van der Waals surface area contributed by atoms with Gasteiger partial charge in [0.1, 0.15) is 5.03 Å². The first kappa shape index (κ1) is 14.2. The van der Waals surface area contributed by atoms with Crippen LogP contribution < -0.4 is 5.32 Å². The van der Waals surface area contributed by atoms with Crippen LogP contribution in [0.25, 0.3) is 0 Å². The summed E-state index contributed by atoms with van der Waals surface area (Å²) < 4.78 is 1.95. The van der Waals surface area contributed by atoms with Gasteiger partial charge < -0.3 is 5.32 Å². The molecule has 3 rings (SSSR count). The molecule has 2 aromatic rings. The molecule has 2 aromatic heterocycles. The van der Waals surface area contributed by atoms with Gasteiger partial charge in [-0.2, -0.15) is 0 Å². The third-order valence-electron chi connectivity index (χ3n) is 3.49. The highest BCUT2D eigenvalue weighted by molar-refractivity contribution is 7.99. The van der Waals surface area contributed by atoms with Crippen LogP contribution in [0, 0.1) is 6.92 Å². The van der Waals surface area contributed by atoms with Crippen molar-refractivity contribution in [2.24, 2.45) is 0 Å². The van der Waals surface area contributed by atoms with Crippen molar-refractivity contribution in [3.63, 3.8) is 0 Å². The summed E-state index contributed by atoms with van der Waals surface area (Å²) in [6.45, 7) is 4.79. The second-order valence-electron chi connectivity index (χ2n) is 5.15. The van der Waals surface area contributed by atoms with Crippen molar-refractivity contribution in [2.45, 2.75) is 55.8 Å². The summed E-state index contributed by atoms with van der Waals surface area (Å²) in [5.41, 5.74) is 0.934. The second-order valence-corrected chi connectivity index (χ2v) is 6.14. The van der Waals surface area contributed by atoms with E-state index in [1.165, 1.54) is 24.6 Å². The number of hydrogen-bond donors (Lipinski definition) is 1. The monoisotopic (exact) mass is 305 g/mol. The fourth-order valence-electron chi connectivity index (χ4n) is 2.55. The van der Waals surface area contributed by atoms with E-state index in [0.29, 0.717) is 12.0 Å². The van der Waals surface area contributed by atoms with Gasteiger partial charge >= 0.3 is 0 Å². The van der Waals surface area contributed by atoms with E-state index < -0.39 is 0 Å². The fourth-order valence-corrected chi connectivity index (χ4v) is 3.46. The van der Waals surface area contributed by atoms with Crippen molar-refractivity contribution in [2.75, 3.05) is 11.9 Å². The molecule has 8 heteroatoms. The first-order valence-corrected chi connectivity index (χ1v) is 8.13. The molecule has 7 nitrogen and oxygen atoms in total. The highest BCUT2D eigenvalue weighted by atomic mass is 32.2. The van der Waals surface area contributed by atoms with Crippen LogP contribution in [0.1, 0.15) is 44.3 Å². The van der Waals surface area contributed by atoms with Crippen LogP contribution in [0.3, 0.4) is 0 Å². The van der Waals surface area contributed by atoms with Gasteiger partial charge in [-0.05, 0) is 54.9 Å². The average Bonchev–Trinajstić information content (AvgIpc) is 3.08. The molecule has 0 aromatic carbocycles. The van der Waals surface area contributed by atoms with Gasteiger partial charge in [0.05, 0.1) is 6.04 Å². The lowest BCUT2D eigenvalue weighted by atomic mass is 10.3. The maximum absolute atomic E-state index is 4.50. The maximum Gasteiger partial charge on any atom is 0.223 e. The molecule has 0 atom stereocenters. The minimum Gasteiger partial charge on any atom is -0.354 e. The van der Waals surface area contributed by atoms with Crippen LogP contribution in [0.4, 0.5) is 5.95 Å². The van der Waals surface area contributed by atoms with Gasteiger partial charge in [-0.25, -0.2) is 14.6 Å². The number of nitrogens with zero attached hydrogens (tertiary/aromatic N) is 6. The molecule has 1 N–H and O–H groups in total. The molecule has 0 saturated heterocycles. The highest BCUT2D eigenvalue weighted by Crippen LogP contribution is 2.33.